The molecule has 1 fully saturated rings. The van der Waals surface area contributed by atoms with E-state index in [1.807, 2.05) is 0 Å². The maximum atomic E-state index is 11.3. The number of anilines is 1. The van der Waals surface area contributed by atoms with E-state index in [9.17, 15) is 4.79 Å². The van der Waals surface area contributed by atoms with Crippen molar-refractivity contribution in [2.75, 3.05) is 25.0 Å². The number of amides is 1. The predicted molar refractivity (Wildman–Crippen MR) is 66.0 cm³/mol. The van der Waals surface area contributed by atoms with Gasteiger partial charge >= 0.3 is 0 Å². The zero-order valence-electron chi connectivity index (χ0n) is 10.3. The predicted octanol–water partition coefficient (Wildman–Crippen LogP) is 1.07. The Bertz CT molecular complexity index is 382. The molecule has 1 aromatic rings. The lowest BCUT2D eigenvalue weighted by molar-refractivity contribution is 0.0962. The van der Waals surface area contributed by atoms with Crippen molar-refractivity contribution in [1.29, 1.82) is 0 Å². The molecule has 0 bridgehead atoms. The average molecular weight is 234 g/mol. The lowest BCUT2D eigenvalue weighted by Crippen LogP contribution is -2.34. The standard InChI is InChI=1S/C12H18N4O/c1-9-3-5-16(6-4-9)12-14-7-10(8-15-12)11(17)13-2/h7-9H,3-6H2,1-2H3,(H,13,17). The van der Waals surface area contributed by atoms with Gasteiger partial charge in [-0.1, -0.05) is 6.92 Å². The Labute approximate surface area is 101 Å². The van der Waals surface area contributed by atoms with Gasteiger partial charge in [-0.3, -0.25) is 4.79 Å². The molecular formula is C12H18N4O. The summed E-state index contributed by atoms with van der Waals surface area (Å²) >= 11 is 0. The third kappa shape index (κ3) is 2.72. The zero-order valence-corrected chi connectivity index (χ0v) is 10.3. The van der Waals surface area contributed by atoms with Crippen molar-refractivity contribution < 1.29 is 4.79 Å². The van der Waals surface area contributed by atoms with Crippen LogP contribution in [0.25, 0.3) is 0 Å². The Kier molecular flexibility index (Phi) is 3.56. The third-order valence-corrected chi connectivity index (χ3v) is 3.19. The Balaban J connectivity index is 2.05. The molecule has 0 aliphatic carbocycles. The normalized spacial score (nSPS) is 16.9. The fourth-order valence-corrected chi connectivity index (χ4v) is 1.95. The Hall–Kier alpha value is -1.65. The first-order valence-corrected chi connectivity index (χ1v) is 5.99. The van der Waals surface area contributed by atoms with Crippen LogP contribution in [0, 0.1) is 5.92 Å². The Morgan fingerprint density at radius 3 is 2.47 bits per heavy atom. The summed E-state index contributed by atoms with van der Waals surface area (Å²) < 4.78 is 0. The van der Waals surface area contributed by atoms with E-state index >= 15 is 0 Å². The van der Waals surface area contributed by atoms with Gasteiger partial charge in [-0.2, -0.15) is 0 Å². The van der Waals surface area contributed by atoms with Crippen LogP contribution < -0.4 is 10.2 Å². The summed E-state index contributed by atoms with van der Waals surface area (Å²) in [5, 5.41) is 2.55. The van der Waals surface area contributed by atoms with Gasteiger partial charge in [-0.15, -0.1) is 0 Å². The molecule has 0 aromatic carbocycles. The largest absolute Gasteiger partial charge is 0.355 e. The minimum absolute atomic E-state index is 0.149. The van der Waals surface area contributed by atoms with Gasteiger partial charge in [-0.05, 0) is 18.8 Å². The summed E-state index contributed by atoms with van der Waals surface area (Å²) in [6.45, 7) is 4.27. The summed E-state index contributed by atoms with van der Waals surface area (Å²) in [6.07, 6.45) is 5.53. The van der Waals surface area contributed by atoms with E-state index < -0.39 is 0 Å². The average Bonchev–Trinajstić information content (AvgIpc) is 2.39. The molecule has 1 aromatic heterocycles. The first-order valence-electron chi connectivity index (χ1n) is 5.99. The number of hydrogen-bond donors (Lipinski definition) is 1. The van der Waals surface area contributed by atoms with E-state index in [4.69, 9.17) is 0 Å². The van der Waals surface area contributed by atoms with Gasteiger partial charge in [0.1, 0.15) is 0 Å². The van der Waals surface area contributed by atoms with E-state index in [0.717, 1.165) is 25.0 Å². The molecule has 0 unspecified atom stereocenters. The van der Waals surface area contributed by atoms with Crippen LogP contribution in [-0.4, -0.2) is 36.0 Å². The van der Waals surface area contributed by atoms with E-state index in [1.54, 1.807) is 19.4 Å². The van der Waals surface area contributed by atoms with Gasteiger partial charge in [0.05, 0.1) is 5.56 Å². The van der Waals surface area contributed by atoms with E-state index in [2.05, 4.69) is 27.1 Å². The van der Waals surface area contributed by atoms with Crippen LogP contribution in [0.1, 0.15) is 30.1 Å². The highest BCUT2D eigenvalue weighted by Gasteiger charge is 2.18. The molecule has 1 saturated heterocycles. The summed E-state index contributed by atoms with van der Waals surface area (Å²) in [5.41, 5.74) is 0.502. The van der Waals surface area contributed by atoms with Crippen molar-refractivity contribution in [3.63, 3.8) is 0 Å². The van der Waals surface area contributed by atoms with Crippen LogP contribution in [0.2, 0.25) is 0 Å². The molecule has 17 heavy (non-hydrogen) atoms. The van der Waals surface area contributed by atoms with Crippen molar-refractivity contribution in [3.05, 3.63) is 18.0 Å². The molecular weight excluding hydrogens is 216 g/mol. The van der Waals surface area contributed by atoms with Gasteiger partial charge in [0, 0.05) is 32.5 Å². The number of rotatable bonds is 2. The molecule has 0 radical (unpaired) electrons. The van der Waals surface area contributed by atoms with E-state index in [0.29, 0.717) is 5.56 Å². The molecule has 92 valence electrons. The third-order valence-electron chi connectivity index (χ3n) is 3.19. The van der Waals surface area contributed by atoms with Crippen LogP contribution in [0.3, 0.4) is 0 Å². The number of carbonyl (C=O) groups is 1. The van der Waals surface area contributed by atoms with Gasteiger partial charge < -0.3 is 10.2 Å². The van der Waals surface area contributed by atoms with Crippen LogP contribution in [0.4, 0.5) is 5.95 Å². The van der Waals surface area contributed by atoms with Crippen molar-refractivity contribution >= 4 is 11.9 Å². The highest BCUT2D eigenvalue weighted by atomic mass is 16.1. The lowest BCUT2D eigenvalue weighted by atomic mass is 10.00. The molecule has 0 saturated carbocycles. The van der Waals surface area contributed by atoms with E-state index in [-0.39, 0.29) is 5.91 Å². The molecule has 5 nitrogen and oxygen atoms in total. The molecule has 2 rings (SSSR count). The van der Waals surface area contributed by atoms with E-state index in [1.165, 1.54) is 12.8 Å². The van der Waals surface area contributed by atoms with Crippen molar-refractivity contribution in [3.8, 4) is 0 Å². The monoisotopic (exact) mass is 234 g/mol. The number of aromatic nitrogens is 2. The highest BCUT2D eigenvalue weighted by molar-refractivity contribution is 5.93. The highest BCUT2D eigenvalue weighted by Crippen LogP contribution is 2.19. The number of carbonyl (C=O) groups excluding carboxylic acids is 1. The van der Waals surface area contributed by atoms with Crippen LogP contribution >= 0.6 is 0 Å². The number of nitrogens with zero attached hydrogens (tertiary/aromatic N) is 3. The fraction of sp³-hybridized carbons (Fsp3) is 0.583. The van der Waals surface area contributed by atoms with Crippen molar-refractivity contribution in [2.24, 2.45) is 5.92 Å². The number of hydrogen-bond acceptors (Lipinski definition) is 4. The molecule has 0 spiro atoms. The minimum Gasteiger partial charge on any atom is -0.355 e. The smallest absolute Gasteiger partial charge is 0.254 e. The Morgan fingerprint density at radius 2 is 1.94 bits per heavy atom. The van der Waals surface area contributed by atoms with Gasteiger partial charge in [0.2, 0.25) is 5.95 Å². The van der Waals surface area contributed by atoms with Crippen molar-refractivity contribution in [1.82, 2.24) is 15.3 Å². The van der Waals surface area contributed by atoms with Crippen LogP contribution in [0.15, 0.2) is 12.4 Å². The molecule has 2 heterocycles. The maximum absolute atomic E-state index is 11.3. The summed E-state index contributed by atoms with van der Waals surface area (Å²) in [6, 6.07) is 0. The SMILES string of the molecule is CNC(=O)c1cnc(N2CCC(C)CC2)nc1. The quantitative estimate of drug-likeness (QED) is 0.831. The van der Waals surface area contributed by atoms with Gasteiger partial charge in [0.25, 0.3) is 5.91 Å². The van der Waals surface area contributed by atoms with Gasteiger partial charge in [-0.25, -0.2) is 9.97 Å². The molecule has 5 heteroatoms. The lowest BCUT2D eigenvalue weighted by Gasteiger charge is -2.30. The molecule has 1 aliphatic heterocycles. The maximum Gasteiger partial charge on any atom is 0.254 e. The number of piperidine rings is 1. The second-order valence-electron chi connectivity index (χ2n) is 4.52. The zero-order chi connectivity index (χ0) is 12.3. The minimum atomic E-state index is -0.149. The number of nitrogens with one attached hydrogen (secondary N) is 1. The Morgan fingerprint density at radius 1 is 1.35 bits per heavy atom. The first-order chi connectivity index (χ1) is 8.20. The second kappa shape index (κ2) is 5.12. The van der Waals surface area contributed by atoms with Crippen LogP contribution in [-0.2, 0) is 0 Å². The summed E-state index contributed by atoms with van der Waals surface area (Å²) in [7, 11) is 1.60. The van der Waals surface area contributed by atoms with Crippen molar-refractivity contribution in [2.45, 2.75) is 19.8 Å². The second-order valence-corrected chi connectivity index (χ2v) is 4.52. The topological polar surface area (TPSA) is 58.1 Å². The fourth-order valence-electron chi connectivity index (χ4n) is 1.95. The molecule has 1 N–H and O–H groups in total. The summed E-state index contributed by atoms with van der Waals surface area (Å²) in [5.74, 6) is 1.37. The molecule has 1 amide bonds. The molecule has 0 atom stereocenters. The molecule has 1 aliphatic rings. The summed E-state index contributed by atoms with van der Waals surface area (Å²) in [4.78, 5) is 22.0. The first kappa shape index (κ1) is 11.8. The van der Waals surface area contributed by atoms with Gasteiger partial charge in [0.15, 0.2) is 0 Å². The van der Waals surface area contributed by atoms with Crippen LogP contribution in [0.5, 0.6) is 0 Å².